The lowest BCUT2D eigenvalue weighted by Crippen LogP contribution is -2.31. The predicted molar refractivity (Wildman–Crippen MR) is 167 cm³/mol. The SMILES string of the molecule is CCCN(CCC)CCCNC(=O)c1ccc2nc(-c3ccc(OCC)cc3)c(-c3ccc(OCC)cc3)nc2c1. The fourth-order valence-electron chi connectivity index (χ4n) is 4.92. The summed E-state index contributed by atoms with van der Waals surface area (Å²) in [5.41, 5.74) is 5.36. The molecule has 3 aromatic carbocycles. The van der Waals surface area contributed by atoms with Crippen LogP contribution in [0.3, 0.4) is 0 Å². The highest BCUT2D eigenvalue weighted by Crippen LogP contribution is 2.33. The average molecular weight is 555 g/mol. The number of nitrogens with zero attached hydrogens (tertiary/aromatic N) is 3. The van der Waals surface area contributed by atoms with Crippen molar-refractivity contribution in [1.82, 2.24) is 20.2 Å². The molecule has 1 amide bonds. The second kappa shape index (κ2) is 15.1. The molecule has 0 bridgehead atoms. The molecule has 0 fully saturated rings. The lowest BCUT2D eigenvalue weighted by atomic mass is 10.0. The van der Waals surface area contributed by atoms with Crippen molar-refractivity contribution >= 4 is 16.9 Å². The zero-order chi connectivity index (χ0) is 29.0. The summed E-state index contributed by atoms with van der Waals surface area (Å²) in [6, 6.07) is 21.3. The number of carbonyl (C=O) groups is 1. The minimum Gasteiger partial charge on any atom is -0.494 e. The normalized spacial score (nSPS) is 11.1. The molecule has 0 radical (unpaired) electrons. The second-order valence-corrected chi connectivity index (χ2v) is 9.99. The van der Waals surface area contributed by atoms with E-state index >= 15 is 0 Å². The third-order valence-electron chi connectivity index (χ3n) is 6.82. The van der Waals surface area contributed by atoms with E-state index < -0.39 is 0 Å². The standard InChI is InChI=1S/C34H42N4O3/c1-5-21-38(22-6-2)23-9-20-35-34(39)27-14-19-30-31(24-27)37-33(26-12-17-29(18-13-26)41-8-4)32(36-30)25-10-15-28(16-11-25)40-7-3/h10-19,24H,5-9,20-23H2,1-4H3,(H,35,39). The van der Waals surface area contributed by atoms with Crippen LogP contribution in [0.1, 0.15) is 57.3 Å². The summed E-state index contributed by atoms with van der Waals surface area (Å²) in [6.45, 7) is 13.4. The number of rotatable bonds is 15. The number of hydrogen-bond donors (Lipinski definition) is 1. The predicted octanol–water partition coefficient (Wildman–Crippen LogP) is 7.00. The molecule has 4 rings (SSSR count). The van der Waals surface area contributed by atoms with Gasteiger partial charge in [-0.2, -0.15) is 0 Å². The van der Waals surface area contributed by atoms with Crippen molar-refractivity contribution in [3.63, 3.8) is 0 Å². The summed E-state index contributed by atoms with van der Waals surface area (Å²) < 4.78 is 11.3. The van der Waals surface area contributed by atoms with Crippen LogP contribution < -0.4 is 14.8 Å². The molecule has 4 aromatic rings. The maximum Gasteiger partial charge on any atom is 0.251 e. The quantitative estimate of drug-likeness (QED) is 0.159. The molecule has 216 valence electrons. The number of hydrogen-bond acceptors (Lipinski definition) is 6. The van der Waals surface area contributed by atoms with E-state index in [4.69, 9.17) is 19.4 Å². The van der Waals surface area contributed by atoms with Gasteiger partial charge in [-0.25, -0.2) is 9.97 Å². The zero-order valence-electron chi connectivity index (χ0n) is 24.8. The summed E-state index contributed by atoms with van der Waals surface area (Å²) in [4.78, 5) is 25.5. The Morgan fingerprint density at radius 2 is 1.24 bits per heavy atom. The number of amides is 1. The van der Waals surface area contributed by atoms with Gasteiger partial charge in [0.25, 0.3) is 5.91 Å². The molecular formula is C34H42N4O3. The Kier molecular flexibility index (Phi) is 11.1. The van der Waals surface area contributed by atoms with Crippen molar-refractivity contribution in [1.29, 1.82) is 0 Å². The highest BCUT2D eigenvalue weighted by Gasteiger charge is 2.16. The molecule has 1 heterocycles. The van der Waals surface area contributed by atoms with E-state index in [9.17, 15) is 4.79 Å². The Bertz CT molecular complexity index is 1400. The highest BCUT2D eigenvalue weighted by molar-refractivity contribution is 5.98. The number of nitrogens with one attached hydrogen (secondary N) is 1. The molecule has 0 aliphatic heterocycles. The first kappa shape index (κ1) is 30.0. The van der Waals surface area contributed by atoms with Gasteiger partial charge in [-0.1, -0.05) is 13.8 Å². The van der Waals surface area contributed by atoms with Crippen LogP contribution in [0.2, 0.25) is 0 Å². The van der Waals surface area contributed by atoms with Gasteiger partial charge in [-0.05, 0) is 119 Å². The summed E-state index contributed by atoms with van der Waals surface area (Å²) in [6.07, 6.45) is 3.21. The minimum atomic E-state index is -0.0931. The number of carbonyl (C=O) groups excluding carboxylic acids is 1. The van der Waals surface area contributed by atoms with Crippen LogP contribution in [-0.2, 0) is 0 Å². The average Bonchev–Trinajstić information content (AvgIpc) is 2.99. The van der Waals surface area contributed by atoms with E-state index in [1.165, 1.54) is 0 Å². The van der Waals surface area contributed by atoms with E-state index in [0.717, 1.165) is 78.4 Å². The highest BCUT2D eigenvalue weighted by atomic mass is 16.5. The van der Waals surface area contributed by atoms with Crippen molar-refractivity contribution in [2.45, 2.75) is 47.0 Å². The van der Waals surface area contributed by atoms with Crippen molar-refractivity contribution in [3.8, 4) is 34.0 Å². The first-order valence-corrected chi connectivity index (χ1v) is 14.8. The summed E-state index contributed by atoms with van der Waals surface area (Å²) in [5.74, 6) is 1.52. The van der Waals surface area contributed by atoms with Crippen molar-refractivity contribution in [3.05, 3.63) is 72.3 Å². The van der Waals surface area contributed by atoms with E-state index in [1.807, 2.05) is 80.6 Å². The van der Waals surface area contributed by atoms with E-state index in [1.54, 1.807) is 0 Å². The van der Waals surface area contributed by atoms with Gasteiger partial charge in [0.2, 0.25) is 0 Å². The zero-order valence-corrected chi connectivity index (χ0v) is 24.8. The van der Waals surface area contributed by atoms with Crippen LogP contribution >= 0.6 is 0 Å². The van der Waals surface area contributed by atoms with Gasteiger partial charge in [0.15, 0.2) is 0 Å². The van der Waals surface area contributed by atoms with Crippen molar-refractivity contribution < 1.29 is 14.3 Å². The molecule has 0 spiro atoms. The van der Waals surface area contributed by atoms with Crippen LogP contribution in [-0.4, -0.2) is 60.2 Å². The van der Waals surface area contributed by atoms with Gasteiger partial charge in [0.1, 0.15) is 11.5 Å². The van der Waals surface area contributed by atoms with E-state index in [2.05, 4.69) is 24.1 Å². The Morgan fingerprint density at radius 3 is 1.76 bits per heavy atom. The van der Waals surface area contributed by atoms with Crippen LogP contribution in [0.25, 0.3) is 33.5 Å². The number of fused-ring (bicyclic) bond motifs is 1. The fraction of sp³-hybridized carbons (Fsp3) is 0.382. The number of benzene rings is 3. The topological polar surface area (TPSA) is 76.6 Å². The van der Waals surface area contributed by atoms with Gasteiger partial charge in [-0.15, -0.1) is 0 Å². The van der Waals surface area contributed by atoms with Crippen molar-refractivity contribution in [2.24, 2.45) is 0 Å². The van der Waals surface area contributed by atoms with Crippen LogP contribution in [0, 0.1) is 0 Å². The van der Waals surface area contributed by atoms with Gasteiger partial charge < -0.3 is 19.7 Å². The van der Waals surface area contributed by atoms with Gasteiger partial charge >= 0.3 is 0 Å². The largest absolute Gasteiger partial charge is 0.494 e. The molecule has 1 aromatic heterocycles. The molecule has 7 heteroatoms. The maximum absolute atomic E-state index is 13.0. The smallest absolute Gasteiger partial charge is 0.251 e. The van der Waals surface area contributed by atoms with Crippen molar-refractivity contribution in [2.75, 3.05) is 39.4 Å². The molecule has 41 heavy (non-hydrogen) atoms. The lowest BCUT2D eigenvalue weighted by molar-refractivity contribution is 0.0951. The molecule has 0 aliphatic carbocycles. The first-order chi connectivity index (χ1) is 20.1. The lowest BCUT2D eigenvalue weighted by Gasteiger charge is -2.20. The Balaban J connectivity index is 1.60. The monoisotopic (exact) mass is 554 g/mol. The van der Waals surface area contributed by atoms with Gasteiger partial charge in [0.05, 0.1) is 35.6 Å². The maximum atomic E-state index is 13.0. The van der Waals surface area contributed by atoms with Gasteiger partial charge in [-0.3, -0.25) is 4.79 Å². The summed E-state index contributed by atoms with van der Waals surface area (Å²) >= 11 is 0. The second-order valence-electron chi connectivity index (χ2n) is 9.99. The van der Waals surface area contributed by atoms with E-state index in [0.29, 0.717) is 30.8 Å². The van der Waals surface area contributed by atoms with Crippen LogP contribution in [0.5, 0.6) is 11.5 Å². The first-order valence-electron chi connectivity index (χ1n) is 14.8. The van der Waals surface area contributed by atoms with Crippen LogP contribution in [0.4, 0.5) is 0 Å². The Morgan fingerprint density at radius 1 is 0.707 bits per heavy atom. The van der Waals surface area contributed by atoms with E-state index in [-0.39, 0.29) is 5.91 Å². The molecule has 0 unspecified atom stereocenters. The Labute approximate surface area is 243 Å². The molecule has 7 nitrogen and oxygen atoms in total. The minimum absolute atomic E-state index is 0.0931. The molecular weight excluding hydrogens is 512 g/mol. The summed E-state index contributed by atoms with van der Waals surface area (Å²) in [5, 5.41) is 3.08. The molecule has 1 N–H and O–H groups in total. The molecule has 0 aliphatic rings. The molecule has 0 saturated carbocycles. The van der Waals surface area contributed by atoms with Gasteiger partial charge in [0, 0.05) is 23.2 Å². The third kappa shape index (κ3) is 8.04. The Hall–Kier alpha value is -3.97. The third-order valence-corrected chi connectivity index (χ3v) is 6.82. The fourth-order valence-corrected chi connectivity index (χ4v) is 4.92. The number of aromatic nitrogens is 2. The molecule has 0 saturated heterocycles. The summed E-state index contributed by atoms with van der Waals surface area (Å²) in [7, 11) is 0. The number of ether oxygens (including phenoxy) is 2. The van der Waals surface area contributed by atoms with Crippen LogP contribution in [0.15, 0.2) is 66.7 Å². The molecule has 0 atom stereocenters.